The highest BCUT2D eigenvalue weighted by atomic mass is 35.5. The second kappa shape index (κ2) is 12.9. The van der Waals surface area contributed by atoms with Crippen molar-refractivity contribution in [2.45, 2.75) is 69.8 Å². The van der Waals surface area contributed by atoms with Crippen LogP contribution in [0.25, 0.3) is 11.4 Å². The van der Waals surface area contributed by atoms with Crippen molar-refractivity contribution >= 4 is 29.6 Å². The Morgan fingerprint density at radius 1 is 1.06 bits per heavy atom. The van der Waals surface area contributed by atoms with Crippen molar-refractivity contribution < 1.29 is 36.3 Å². The number of nitrogens with one attached hydrogen (secondary N) is 1. The number of nitrogens with two attached hydrogens (primary N) is 1. The number of alkyl carbamates (subject to hydrolysis) is 1. The van der Waals surface area contributed by atoms with E-state index in [1.165, 1.54) is 35.4 Å². The average Bonchev–Trinajstić information content (AvgIpc) is 3.38. The zero-order chi connectivity index (χ0) is 36.9. The van der Waals surface area contributed by atoms with Gasteiger partial charge in [0.15, 0.2) is 17.3 Å². The van der Waals surface area contributed by atoms with Gasteiger partial charge in [-0.15, -0.1) is 0 Å². The van der Waals surface area contributed by atoms with Crippen LogP contribution in [-0.4, -0.2) is 70.9 Å². The van der Waals surface area contributed by atoms with Crippen molar-refractivity contribution in [2.75, 3.05) is 6.61 Å². The molecule has 1 saturated carbocycles. The van der Waals surface area contributed by atoms with Crippen LogP contribution in [0.5, 0.6) is 0 Å². The largest absolute Gasteiger partial charge is 0.447 e. The first-order chi connectivity index (χ1) is 23.9. The van der Waals surface area contributed by atoms with Crippen LogP contribution in [-0.2, 0) is 15.1 Å². The van der Waals surface area contributed by atoms with Crippen molar-refractivity contribution in [3.05, 3.63) is 83.2 Å². The number of amides is 2. The minimum atomic E-state index is -4.71. The SMILES string of the molecule is CC(C)(C)C[C@]1(c2ccc(-n3nccn3)cc2)N=C(N)N([C@H](COC(=O)NC2(C(F)(F)F)CC2)c2ccc(Cl)c(-n3ncnc3C(F)F)c2)C1=O. The van der Waals surface area contributed by atoms with E-state index in [0.29, 0.717) is 11.3 Å². The Hall–Kier alpha value is -5.13. The van der Waals surface area contributed by atoms with E-state index in [0.717, 1.165) is 15.9 Å². The average molecular weight is 735 g/mol. The number of nitrogens with zero attached hydrogens (tertiary/aromatic N) is 8. The molecule has 6 rings (SSSR count). The third-order valence-corrected chi connectivity index (χ3v) is 8.90. The van der Waals surface area contributed by atoms with Gasteiger partial charge in [-0.1, -0.05) is 50.6 Å². The van der Waals surface area contributed by atoms with Gasteiger partial charge in [0.25, 0.3) is 12.3 Å². The van der Waals surface area contributed by atoms with Gasteiger partial charge in [-0.3, -0.25) is 9.69 Å². The molecule has 0 bridgehead atoms. The van der Waals surface area contributed by atoms with Gasteiger partial charge in [0.1, 0.15) is 18.5 Å². The van der Waals surface area contributed by atoms with Crippen molar-refractivity contribution in [1.82, 2.24) is 40.0 Å². The molecule has 4 aromatic rings. The molecule has 0 spiro atoms. The molecule has 1 aliphatic heterocycles. The van der Waals surface area contributed by atoms with Gasteiger partial charge in [-0.25, -0.2) is 28.2 Å². The predicted molar refractivity (Wildman–Crippen MR) is 172 cm³/mol. The van der Waals surface area contributed by atoms with Crippen LogP contribution in [0.3, 0.4) is 0 Å². The standard InChI is InChI=1S/C32H32ClF5N10O3/c1-29(2,3)16-31(19-5-7-20(8-6-19)48-41-12-13-42-48)26(49)46(27(39)44-31)23(15-51-28(50)45-30(10-11-30)32(36,37)38)18-4-9-21(33)22(14-18)47-25(24(34)35)40-17-43-47/h4-9,12-14,17,23-24H,10-11,15-16H2,1-3H3,(H2,39,44)(H,45,50)/t23-,31-/m1/s1. The first-order valence-electron chi connectivity index (χ1n) is 15.6. The van der Waals surface area contributed by atoms with Gasteiger partial charge in [-0.05, 0) is 60.1 Å². The molecule has 2 aromatic carbocycles. The number of aromatic nitrogens is 6. The minimum absolute atomic E-state index is 0.0207. The van der Waals surface area contributed by atoms with E-state index in [4.69, 9.17) is 27.1 Å². The maximum atomic E-state index is 14.8. The smallest absolute Gasteiger partial charge is 0.411 e. The van der Waals surface area contributed by atoms with E-state index >= 15 is 0 Å². The number of carbonyl (C=O) groups excluding carboxylic acids is 2. The summed E-state index contributed by atoms with van der Waals surface area (Å²) < 4.78 is 74.6. The number of benzene rings is 2. The molecule has 2 aliphatic rings. The fourth-order valence-electron chi connectivity index (χ4n) is 6.09. The van der Waals surface area contributed by atoms with Crippen LogP contribution in [0.1, 0.15) is 69.5 Å². The number of alkyl halides is 5. The maximum Gasteiger partial charge on any atom is 0.411 e. The van der Waals surface area contributed by atoms with Crippen LogP contribution in [0, 0.1) is 5.41 Å². The number of rotatable bonds is 10. The lowest BCUT2D eigenvalue weighted by molar-refractivity contribution is -0.164. The van der Waals surface area contributed by atoms with Gasteiger partial charge < -0.3 is 15.8 Å². The van der Waals surface area contributed by atoms with Crippen molar-refractivity contribution in [1.29, 1.82) is 0 Å². The Labute approximate surface area is 292 Å². The number of ether oxygens (including phenoxy) is 1. The fraction of sp³-hybridized carbons (Fsp3) is 0.406. The fourth-order valence-corrected chi connectivity index (χ4v) is 6.29. The molecule has 51 heavy (non-hydrogen) atoms. The highest BCUT2D eigenvalue weighted by molar-refractivity contribution is 6.32. The Balaban J connectivity index is 1.41. The normalized spacial score (nSPS) is 19.3. The van der Waals surface area contributed by atoms with Gasteiger partial charge in [-0.2, -0.15) is 33.3 Å². The molecule has 0 unspecified atom stereocenters. The van der Waals surface area contributed by atoms with Crippen LogP contribution < -0.4 is 11.1 Å². The molecule has 2 atom stereocenters. The lowest BCUT2D eigenvalue weighted by Gasteiger charge is -2.35. The molecule has 1 aliphatic carbocycles. The Bertz CT molecular complexity index is 1960. The summed E-state index contributed by atoms with van der Waals surface area (Å²) in [5.74, 6) is -1.64. The number of carbonyl (C=O) groups is 2. The number of aliphatic imine (C=N–C) groups is 1. The Kier molecular flexibility index (Phi) is 9.02. The zero-order valence-electron chi connectivity index (χ0n) is 27.4. The van der Waals surface area contributed by atoms with E-state index in [9.17, 15) is 31.5 Å². The maximum absolute atomic E-state index is 14.8. The van der Waals surface area contributed by atoms with E-state index in [2.05, 4.69) is 20.3 Å². The molecule has 3 heterocycles. The first-order valence-corrected chi connectivity index (χ1v) is 16.0. The molecule has 19 heteroatoms. The highest BCUT2D eigenvalue weighted by Gasteiger charge is 2.64. The highest BCUT2D eigenvalue weighted by Crippen LogP contribution is 2.49. The molecule has 1 fully saturated rings. The number of guanidine groups is 1. The molecule has 0 saturated heterocycles. The molecular formula is C32H32ClF5N10O3. The van der Waals surface area contributed by atoms with Crippen molar-refractivity contribution in [2.24, 2.45) is 16.1 Å². The molecular weight excluding hydrogens is 703 g/mol. The number of halogens is 6. The van der Waals surface area contributed by atoms with E-state index < -0.39 is 59.6 Å². The van der Waals surface area contributed by atoms with Crippen molar-refractivity contribution in [3.63, 3.8) is 0 Å². The summed E-state index contributed by atoms with van der Waals surface area (Å²) >= 11 is 6.41. The molecule has 2 aromatic heterocycles. The van der Waals surface area contributed by atoms with Crippen molar-refractivity contribution in [3.8, 4) is 11.4 Å². The van der Waals surface area contributed by atoms with Crippen LogP contribution in [0.2, 0.25) is 5.02 Å². The topological polar surface area (TPSA) is 158 Å². The Morgan fingerprint density at radius 2 is 1.73 bits per heavy atom. The summed E-state index contributed by atoms with van der Waals surface area (Å²) in [6.45, 7) is 5.00. The van der Waals surface area contributed by atoms with Crippen LogP contribution >= 0.6 is 11.6 Å². The quantitative estimate of drug-likeness (QED) is 0.194. The summed E-state index contributed by atoms with van der Waals surface area (Å²) in [4.78, 5) is 38.4. The van der Waals surface area contributed by atoms with E-state index in [1.54, 1.807) is 24.3 Å². The van der Waals surface area contributed by atoms with E-state index in [1.807, 2.05) is 26.1 Å². The van der Waals surface area contributed by atoms with Gasteiger partial charge in [0, 0.05) is 0 Å². The molecule has 270 valence electrons. The Morgan fingerprint density at radius 3 is 2.31 bits per heavy atom. The third-order valence-electron chi connectivity index (χ3n) is 8.58. The van der Waals surface area contributed by atoms with Gasteiger partial charge in [0.05, 0.1) is 34.8 Å². The number of hydrogen-bond donors (Lipinski definition) is 2. The third kappa shape index (κ3) is 6.83. The predicted octanol–water partition coefficient (Wildman–Crippen LogP) is 5.79. The second-order valence-corrected chi connectivity index (χ2v) is 13.9. The molecule has 3 N–H and O–H groups in total. The van der Waals surface area contributed by atoms with Gasteiger partial charge in [0.2, 0.25) is 0 Å². The molecule has 0 radical (unpaired) electrons. The lowest BCUT2D eigenvalue weighted by atomic mass is 9.75. The second-order valence-electron chi connectivity index (χ2n) is 13.5. The first kappa shape index (κ1) is 35.7. The zero-order valence-corrected chi connectivity index (χ0v) is 28.2. The lowest BCUT2D eigenvalue weighted by Crippen LogP contribution is -2.50. The summed E-state index contributed by atoms with van der Waals surface area (Å²) in [6.07, 6.45) is -5.70. The summed E-state index contributed by atoms with van der Waals surface area (Å²) in [5, 5.41) is 14.0. The monoisotopic (exact) mass is 734 g/mol. The van der Waals surface area contributed by atoms with Gasteiger partial charge >= 0.3 is 12.3 Å². The summed E-state index contributed by atoms with van der Waals surface area (Å²) in [5.41, 5.74) is 3.16. The summed E-state index contributed by atoms with van der Waals surface area (Å²) in [7, 11) is 0. The van der Waals surface area contributed by atoms with Crippen LogP contribution in [0.15, 0.2) is 66.2 Å². The van der Waals surface area contributed by atoms with E-state index in [-0.39, 0.29) is 41.5 Å². The minimum Gasteiger partial charge on any atom is -0.447 e. The molecule has 13 nitrogen and oxygen atoms in total. The van der Waals surface area contributed by atoms with Crippen LogP contribution in [0.4, 0.5) is 26.7 Å². The number of hydrogen-bond acceptors (Lipinski definition) is 9. The molecule has 2 amide bonds. The summed E-state index contributed by atoms with van der Waals surface area (Å²) in [6, 6.07) is 9.55.